The second-order valence-electron chi connectivity index (χ2n) is 9.89. The summed E-state index contributed by atoms with van der Waals surface area (Å²) >= 11 is 1.81. The third-order valence-corrected chi connectivity index (χ3v) is 8.45. The normalized spacial score (nSPS) is 11.5. The van der Waals surface area contributed by atoms with Gasteiger partial charge in [0.05, 0.1) is 22.4 Å². The van der Waals surface area contributed by atoms with Gasteiger partial charge in [-0.15, -0.1) is 11.3 Å². The van der Waals surface area contributed by atoms with Crippen molar-refractivity contribution in [3.63, 3.8) is 0 Å². The lowest BCUT2D eigenvalue weighted by Gasteiger charge is -2.11. The molecule has 3 heterocycles. The van der Waals surface area contributed by atoms with Crippen molar-refractivity contribution in [1.29, 1.82) is 0 Å². The molecule has 0 unspecified atom stereocenters. The van der Waals surface area contributed by atoms with Crippen LogP contribution >= 0.6 is 11.3 Å². The van der Waals surface area contributed by atoms with Crippen molar-refractivity contribution in [2.75, 3.05) is 0 Å². The van der Waals surface area contributed by atoms with Gasteiger partial charge in [-0.1, -0.05) is 84.9 Å². The van der Waals surface area contributed by atoms with E-state index in [0.29, 0.717) is 5.82 Å². The van der Waals surface area contributed by atoms with Crippen molar-refractivity contribution in [3.05, 3.63) is 139 Å². The standard InChI is InChI=1S/C36H23N3S/c1-3-9-24(10-4-1)30-23-31(25-11-5-2-6-12-25)38-36(37-30)27-15-18-28(19-16-27)39-32-14-8-7-13-29(32)34-33(39)20-17-26-21-22-40-35(26)34/h1-23H. The Labute approximate surface area is 235 Å². The van der Waals surface area contributed by atoms with E-state index in [1.807, 2.05) is 47.7 Å². The molecule has 0 saturated heterocycles. The van der Waals surface area contributed by atoms with E-state index in [1.165, 1.54) is 31.9 Å². The molecule has 0 bridgehead atoms. The average molecular weight is 530 g/mol. The van der Waals surface area contributed by atoms with Gasteiger partial charge < -0.3 is 4.57 Å². The summed E-state index contributed by atoms with van der Waals surface area (Å²) in [6, 6.07) is 46.7. The van der Waals surface area contributed by atoms with Crippen LogP contribution in [0.25, 0.3) is 71.5 Å². The number of fused-ring (bicyclic) bond motifs is 5. The fraction of sp³-hybridized carbons (Fsp3) is 0. The van der Waals surface area contributed by atoms with Crippen molar-refractivity contribution in [3.8, 4) is 39.6 Å². The van der Waals surface area contributed by atoms with Crippen LogP contribution in [0.2, 0.25) is 0 Å². The lowest BCUT2D eigenvalue weighted by Crippen LogP contribution is -1.97. The molecule has 0 radical (unpaired) electrons. The van der Waals surface area contributed by atoms with Gasteiger partial charge in [0.25, 0.3) is 0 Å². The van der Waals surface area contributed by atoms with Crippen LogP contribution in [0.15, 0.2) is 139 Å². The van der Waals surface area contributed by atoms with Gasteiger partial charge in [0, 0.05) is 37.9 Å². The third kappa shape index (κ3) is 3.73. The first-order valence-electron chi connectivity index (χ1n) is 13.3. The molecule has 5 aromatic carbocycles. The quantitative estimate of drug-likeness (QED) is 0.227. The van der Waals surface area contributed by atoms with Gasteiger partial charge in [-0.25, -0.2) is 9.97 Å². The van der Waals surface area contributed by atoms with Gasteiger partial charge >= 0.3 is 0 Å². The summed E-state index contributed by atoms with van der Waals surface area (Å²) in [5, 5.41) is 6.07. The summed E-state index contributed by atoms with van der Waals surface area (Å²) < 4.78 is 3.70. The number of nitrogens with zero attached hydrogens (tertiary/aromatic N) is 3. The van der Waals surface area contributed by atoms with E-state index in [-0.39, 0.29) is 0 Å². The molecule has 0 aliphatic carbocycles. The molecule has 0 N–H and O–H groups in total. The third-order valence-electron chi connectivity index (χ3n) is 7.50. The van der Waals surface area contributed by atoms with E-state index in [2.05, 4.69) is 107 Å². The highest BCUT2D eigenvalue weighted by molar-refractivity contribution is 7.18. The molecule has 188 valence electrons. The zero-order chi connectivity index (χ0) is 26.5. The Morgan fingerprint density at radius 3 is 1.88 bits per heavy atom. The SMILES string of the molecule is c1ccc(-c2cc(-c3ccccc3)nc(-c3ccc(-n4c5ccccc5c5c6sccc6ccc54)cc3)n2)cc1. The highest BCUT2D eigenvalue weighted by atomic mass is 32.1. The Morgan fingerprint density at radius 2 is 1.18 bits per heavy atom. The monoisotopic (exact) mass is 529 g/mol. The molecule has 0 aliphatic rings. The van der Waals surface area contributed by atoms with Gasteiger partial charge in [-0.2, -0.15) is 0 Å². The van der Waals surface area contributed by atoms with Crippen LogP contribution in [0.3, 0.4) is 0 Å². The Morgan fingerprint density at radius 1 is 0.525 bits per heavy atom. The van der Waals surface area contributed by atoms with Crippen LogP contribution in [-0.4, -0.2) is 14.5 Å². The zero-order valence-electron chi connectivity index (χ0n) is 21.5. The molecule has 0 spiro atoms. The molecule has 0 amide bonds. The van der Waals surface area contributed by atoms with Crippen molar-refractivity contribution >= 4 is 43.2 Å². The van der Waals surface area contributed by atoms with E-state index in [0.717, 1.165) is 33.8 Å². The Hall–Kier alpha value is -5.06. The van der Waals surface area contributed by atoms with Crippen LogP contribution in [0.1, 0.15) is 0 Å². The van der Waals surface area contributed by atoms with Crippen LogP contribution in [0, 0.1) is 0 Å². The fourth-order valence-electron chi connectivity index (χ4n) is 5.61. The van der Waals surface area contributed by atoms with E-state index >= 15 is 0 Å². The minimum absolute atomic E-state index is 0.717. The lowest BCUT2D eigenvalue weighted by atomic mass is 10.1. The number of hydrogen-bond donors (Lipinski definition) is 0. The minimum atomic E-state index is 0.717. The largest absolute Gasteiger partial charge is 0.309 e. The average Bonchev–Trinajstić information content (AvgIpc) is 3.64. The van der Waals surface area contributed by atoms with E-state index < -0.39 is 0 Å². The molecule has 0 atom stereocenters. The van der Waals surface area contributed by atoms with Crippen LogP contribution < -0.4 is 0 Å². The highest BCUT2D eigenvalue weighted by Crippen LogP contribution is 2.39. The topological polar surface area (TPSA) is 30.7 Å². The second kappa shape index (κ2) is 9.30. The smallest absolute Gasteiger partial charge is 0.160 e. The zero-order valence-corrected chi connectivity index (χ0v) is 22.3. The van der Waals surface area contributed by atoms with Crippen molar-refractivity contribution in [1.82, 2.24) is 14.5 Å². The van der Waals surface area contributed by atoms with Gasteiger partial charge in [0.1, 0.15) is 0 Å². The van der Waals surface area contributed by atoms with Crippen LogP contribution in [0.4, 0.5) is 0 Å². The van der Waals surface area contributed by atoms with Gasteiger partial charge in [-0.05, 0) is 59.3 Å². The first kappa shape index (κ1) is 22.9. The summed E-state index contributed by atoms with van der Waals surface area (Å²) in [6.45, 7) is 0. The summed E-state index contributed by atoms with van der Waals surface area (Å²) in [5.41, 5.74) is 8.51. The fourth-order valence-corrected chi connectivity index (χ4v) is 6.56. The highest BCUT2D eigenvalue weighted by Gasteiger charge is 2.16. The number of hydrogen-bond acceptors (Lipinski definition) is 3. The molecule has 8 aromatic rings. The summed E-state index contributed by atoms with van der Waals surface area (Å²) in [7, 11) is 0. The lowest BCUT2D eigenvalue weighted by molar-refractivity contribution is 1.16. The van der Waals surface area contributed by atoms with E-state index in [4.69, 9.17) is 9.97 Å². The van der Waals surface area contributed by atoms with Gasteiger partial charge in [0.15, 0.2) is 5.82 Å². The summed E-state index contributed by atoms with van der Waals surface area (Å²) in [6.07, 6.45) is 0. The number of para-hydroxylation sites is 1. The van der Waals surface area contributed by atoms with Crippen molar-refractivity contribution in [2.45, 2.75) is 0 Å². The first-order valence-corrected chi connectivity index (χ1v) is 14.2. The molecule has 0 fully saturated rings. The first-order chi connectivity index (χ1) is 19.8. The Bertz CT molecular complexity index is 2080. The predicted octanol–water partition coefficient (Wildman–Crippen LogP) is 9.79. The number of benzene rings is 5. The van der Waals surface area contributed by atoms with E-state index in [1.54, 1.807) is 0 Å². The van der Waals surface area contributed by atoms with Crippen LogP contribution in [-0.2, 0) is 0 Å². The second-order valence-corrected chi connectivity index (χ2v) is 10.8. The molecular weight excluding hydrogens is 506 g/mol. The van der Waals surface area contributed by atoms with Crippen molar-refractivity contribution < 1.29 is 0 Å². The Balaban J connectivity index is 1.28. The molecule has 40 heavy (non-hydrogen) atoms. The predicted molar refractivity (Wildman–Crippen MR) is 168 cm³/mol. The minimum Gasteiger partial charge on any atom is -0.309 e. The molecule has 4 heteroatoms. The molecule has 0 aliphatic heterocycles. The van der Waals surface area contributed by atoms with Gasteiger partial charge in [0.2, 0.25) is 0 Å². The Kier molecular flexibility index (Phi) is 5.32. The number of rotatable bonds is 4. The maximum Gasteiger partial charge on any atom is 0.160 e. The van der Waals surface area contributed by atoms with Crippen LogP contribution in [0.5, 0.6) is 0 Å². The molecule has 3 nitrogen and oxygen atoms in total. The summed E-state index contributed by atoms with van der Waals surface area (Å²) in [4.78, 5) is 10.0. The maximum atomic E-state index is 5.00. The summed E-state index contributed by atoms with van der Waals surface area (Å²) in [5.74, 6) is 0.717. The molecule has 0 saturated carbocycles. The van der Waals surface area contributed by atoms with Gasteiger partial charge in [-0.3, -0.25) is 0 Å². The molecular formula is C36H23N3S. The van der Waals surface area contributed by atoms with Crippen molar-refractivity contribution in [2.24, 2.45) is 0 Å². The molecule has 8 rings (SSSR count). The molecule has 3 aromatic heterocycles. The maximum absolute atomic E-state index is 5.00. The number of thiophene rings is 1. The van der Waals surface area contributed by atoms with E-state index in [9.17, 15) is 0 Å². The number of aromatic nitrogens is 3.